The highest BCUT2D eigenvalue weighted by molar-refractivity contribution is 7.89. The predicted molar refractivity (Wildman–Crippen MR) is 96.4 cm³/mol. The monoisotopic (exact) mass is 430 g/mol. The fraction of sp³-hybridized carbons (Fsp3) is 0.0769. The second-order valence-electron chi connectivity index (χ2n) is 5.79. The molecule has 0 saturated carbocycles. The Hall–Kier alpha value is -2.90. The van der Waals surface area contributed by atoms with Crippen molar-refractivity contribution in [2.75, 3.05) is 0 Å². The molecule has 0 unspecified atom stereocenters. The van der Waals surface area contributed by atoms with Crippen molar-refractivity contribution in [1.82, 2.24) is 9.55 Å². The van der Waals surface area contributed by atoms with Crippen LogP contribution >= 0.6 is 7.60 Å². The molecule has 0 bridgehead atoms. The Bertz CT molecular complexity index is 1430. The topological polar surface area (TPSA) is 216 Å². The summed E-state index contributed by atoms with van der Waals surface area (Å²) >= 11 is 0. The molecule has 0 aliphatic heterocycles. The number of nitrogens with one attached hydrogen (secondary N) is 1. The number of benzene rings is 2. The van der Waals surface area contributed by atoms with Crippen molar-refractivity contribution in [2.24, 2.45) is 5.14 Å². The summed E-state index contributed by atoms with van der Waals surface area (Å²) in [4.78, 5) is 54.8. The number of nitrogens with zero attached hydrogens (tertiary/aromatic N) is 2. The number of primary sulfonamides is 1. The van der Waals surface area contributed by atoms with Gasteiger partial charge in [0.1, 0.15) is 6.29 Å². The van der Waals surface area contributed by atoms with Gasteiger partial charge in [-0.25, -0.2) is 13.6 Å². The molecule has 0 atom stereocenters. The molecule has 0 aliphatic carbocycles. The third-order valence-corrected chi connectivity index (χ3v) is 5.45. The van der Waals surface area contributed by atoms with E-state index in [4.69, 9.17) is 5.14 Å². The molecule has 28 heavy (non-hydrogen) atoms. The molecular weight excluding hydrogens is 419 g/mol. The van der Waals surface area contributed by atoms with E-state index in [9.17, 15) is 42.5 Å². The molecule has 0 saturated heterocycles. The van der Waals surface area contributed by atoms with Gasteiger partial charge in [-0.3, -0.25) is 28.8 Å². The van der Waals surface area contributed by atoms with Gasteiger partial charge in [0, 0.05) is 11.5 Å². The predicted octanol–water partition coefficient (Wildman–Crippen LogP) is -0.466. The fourth-order valence-electron chi connectivity index (χ4n) is 2.77. The Balaban J connectivity index is 2.59. The Morgan fingerprint density at radius 1 is 1.21 bits per heavy atom. The molecule has 3 aromatic rings. The molecule has 3 rings (SSSR count). The Morgan fingerprint density at radius 3 is 2.39 bits per heavy atom. The number of fused-ring (bicyclic) bond motifs is 3. The maximum atomic E-state index is 12.1. The quantitative estimate of drug-likeness (QED) is 0.138. The molecule has 0 spiro atoms. The third-order valence-electron chi connectivity index (χ3n) is 3.89. The van der Waals surface area contributed by atoms with Crippen molar-refractivity contribution in [1.29, 1.82) is 0 Å². The van der Waals surface area contributed by atoms with Crippen molar-refractivity contribution >= 4 is 45.1 Å². The zero-order valence-electron chi connectivity index (χ0n) is 13.6. The maximum Gasteiger partial charge on any atom is 0.345 e. The second kappa shape index (κ2) is 6.32. The van der Waals surface area contributed by atoms with Gasteiger partial charge in [-0.1, -0.05) is 6.07 Å². The summed E-state index contributed by atoms with van der Waals surface area (Å²) < 4.78 is 34.9. The van der Waals surface area contributed by atoms with Crippen LogP contribution in [0.5, 0.6) is 0 Å². The Kier molecular flexibility index (Phi) is 4.48. The highest BCUT2D eigenvalue weighted by Gasteiger charge is 2.24. The normalized spacial score (nSPS) is 12.5. The summed E-state index contributed by atoms with van der Waals surface area (Å²) in [5.41, 5.74) is -3.63. The Morgan fingerprint density at radius 2 is 1.86 bits per heavy atom. The zero-order valence-corrected chi connectivity index (χ0v) is 15.3. The number of non-ortho nitro benzene ring substituents is 1. The van der Waals surface area contributed by atoms with Gasteiger partial charge in [0.25, 0.3) is 5.69 Å². The van der Waals surface area contributed by atoms with E-state index in [1.54, 1.807) is 0 Å². The smallest absolute Gasteiger partial charge is 0.323 e. The number of aromatic amines is 1. The number of nitro groups is 1. The van der Waals surface area contributed by atoms with Crippen LogP contribution < -0.4 is 16.3 Å². The summed E-state index contributed by atoms with van der Waals surface area (Å²) in [5.74, 6) is 0. The van der Waals surface area contributed by atoms with Crippen LogP contribution in [0.25, 0.3) is 21.8 Å². The lowest BCUT2D eigenvalue weighted by molar-refractivity contribution is -0.383. The summed E-state index contributed by atoms with van der Waals surface area (Å²) in [7, 11) is -9.01. The molecule has 1 heterocycles. The van der Waals surface area contributed by atoms with E-state index in [0.29, 0.717) is 4.57 Å². The van der Waals surface area contributed by atoms with Crippen LogP contribution in [-0.4, -0.2) is 32.7 Å². The molecule has 0 radical (unpaired) electrons. The molecule has 0 aliphatic rings. The first kappa shape index (κ1) is 19.9. The highest BCUT2D eigenvalue weighted by atomic mass is 32.2. The average molecular weight is 430 g/mol. The van der Waals surface area contributed by atoms with Gasteiger partial charge in [-0.15, -0.1) is 0 Å². The average Bonchev–Trinajstić information content (AvgIpc) is 2.56. The van der Waals surface area contributed by atoms with Crippen LogP contribution in [0.1, 0.15) is 0 Å². The lowest BCUT2D eigenvalue weighted by Gasteiger charge is -2.13. The molecule has 13 nitrogen and oxygen atoms in total. The van der Waals surface area contributed by atoms with Crippen LogP contribution in [0.3, 0.4) is 0 Å². The number of hydrogen-bond acceptors (Lipinski definition) is 7. The summed E-state index contributed by atoms with van der Waals surface area (Å²) in [5, 5.41) is 16.3. The molecule has 0 fully saturated rings. The number of nitro benzene ring substituents is 1. The van der Waals surface area contributed by atoms with Crippen LogP contribution in [0.15, 0.2) is 38.8 Å². The van der Waals surface area contributed by atoms with Gasteiger partial charge in [-0.05, 0) is 12.1 Å². The minimum atomic E-state index is -4.82. The first-order valence-electron chi connectivity index (χ1n) is 7.25. The molecule has 15 heteroatoms. The van der Waals surface area contributed by atoms with E-state index < -0.39 is 50.5 Å². The number of sulfonamides is 1. The van der Waals surface area contributed by atoms with Gasteiger partial charge in [0.15, 0.2) is 0 Å². The molecular formula is C13H11N4O9PS. The number of nitrogens with two attached hydrogens (primary N) is 1. The number of hydrogen-bond donors (Lipinski definition) is 4. The van der Waals surface area contributed by atoms with Crippen LogP contribution in [0, 0.1) is 10.1 Å². The van der Waals surface area contributed by atoms with Crippen molar-refractivity contribution < 1.29 is 27.7 Å². The van der Waals surface area contributed by atoms with Gasteiger partial charge in [0.2, 0.25) is 10.0 Å². The molecule has 148 valence electrons. The minimum Gasteiger partial charge on any atom is -0.323 e. The van der Waals surface area contributed by atoms with E-state index in [-0.39, 0.29) is 21.8 Å². The van der Waals surface area contributed by atoms with E-state index >= 15 is 0 Å². The van der Waals surface area contributed by atoms with Gasteiger partial charge < -0.3 is 14.8 Å². The van der Waals surface area contributed by atoms with Crippen molar-refractivity contribution in [3.63, 3.8) is 0 Å². The first-order chi connectivity index (χ1) is 12.8. The first-order valence-corrected chi connectivity index (χ1v) is 10.6. The summed E-state index contributed by atoms with van der Waals surface area (Å²) in [6, 6.07) is 3.92. The zero-order chi connectivity index (χ0) is 21.0. The van der Waals surface area contributed by atoms with Gasteiger partial charge in [0.05, 0.1) is 26.2 Å². The lowest BCUT2D eigenvalue weighted by Crippen LogP contribution is -2.36. The van der Waals surface area contributed by atoms with E-state index in [1.165, 1.54) is 0 Å². The van der Waals surface area contributed by atoms with Gasteiger partial charge in [-0.2, -0.15) is 0 Å². The Labute approximate surface area is 154 Å². The molecule has 1 aromatic heterocycles. The summed E-state index contributed by atoms with van der Waals surface area (Å²) in [6.45, 7) is 0. The standard InChI is InChI=1S/C13H11N4O9PS/c14-28(25,26)6-1-2-7-8(3-6)9(17(20)21)4-10-11(7)15-12(18)13(19)16(10)5-27(22,23)24/h1-4H,5H2,(H,15,18)(H2,14,25,26)(H2,22,23,24). The molecule has 0 amide bonds. The van der Waals surface area contributed by atoms with Crippen LogP contribution in [0.4, 0.5) is 5.69 Å². The van der Waals surface area contributed by atoms with Gasteiger partial charge >= 0.3 is 18.7 Å². The second-order valence-corrected chi connectivity index (χ2v) is 8.97. The van der Waals surface area contributed by atoms with E-state index in [1.807, 2.05) is 0 Å². The largest absolute Gasteiger partial charge is 0.345 e. The SMILES string of the molecule is NS(=O)(=O)c1ccc2c(c1)c([N+](=O)[O-])cc1c2[nH]c(=O)c(=O)n1CP(=O)(O)O. The molecule has 2 aromatic carbocycles. The highest BCUT2D eigenvalue weighted by Crippen LogP contribution is 2.38. The van der Waals surface area contributed by atoms with Crippen molar-refractivity contribution in [3.8, 4) is 0 Å². The van der Waals surface area contributed by atoms with Crippen molar-refractivity contribution in [2.45, 2.75) is 11.2 Å². The fourth-order valence-corrected chi connectivity index (χ4v) is 3.96. The van der Waals surface area contributed by atoms with E-state index in [2.05, 4.69) is 4.98 Å². The third kappa shape index (κ3) is 3.46. The number of aromatic nitrogens is 2. The van der Waals surface area contributed by atoms with Crippen molar-refractivity contribution in [3.05, 3.63) is 55.1 Å². The van der Waals surface area contributed by atoms with E-state index in [0.717, 1.165) is 24.3 Å². The number of H-pyrrole nitrogens is 1. The summed E-state index contributed by atoms with van der Waals surface area (Å²) in [6.07, 6.45) is -1.18. The minimum absolute atomic E-state index is 0.0202. The van der Waals surface area contributed by atoms with Crippen LogP contribution in [0.2, 0.25) is 0 Å². The lowest BCUT2D eigenvalue weighted by atomic mass is 10.1. The maximum absolute atomic E-state index is 12.1. The molecule has 5 N–H and O–H groups in total. The number of rotatable bonds is 4. The van der Waals surface area contributed by atoms with Crippen LogP contribution in [-0.2, 0) is 20.9 Å².